The molecule has 0 bridgehead atoms. The number of nitrogens with one attached hydrogen (secondary N) is 1. The molecule has 6 aromatic carbocycles. The highest BCUT2D eigenvalue weighted by Crippen LogP contribution is 2.57. The van der Waals surface area contributed by atoms with Crippen molar-refractivity contribution in [2.24, 2.45) is 5.92 Å². The van der Waals surface area contributed by atoms with Gasteiger partial charge in [-0.15, -0.1) is 0 Å². The van der Waals surface area contributed by atoms with Crippen LogP contribution in [0.2, 0.25) is 10.1 Å². The van der Waals surface area contributed by atoms with Gasteiger partial charge in [0.25, 0.3) is 0 Å². The van der Waals surface area contributed by atoms with Gasteiger partial charge in [0.1, 0.15) is 17.6 Å². The summed E-state index contributed by atoms with van der Waals surface area (Å²) in [6, 6.07) is 49.7. The molecule has 2 N–H and O–H groups in total. The Balaban J connectivity index is 1.42. The molecule has 0 spiro atoms. The second-order valence-electron chi connectivity index (χ2n) is 20.0. The minimum Gasteiger partial charge on any atom is -0.534 e. The standard InChI is InChI=1S/C55H65NO4Si2/c1-11-38(2)34-35-55(10)52(58-55)48-39(3)47(60-62(54(7,8)9,43-28-20-14-21-29-43)44-30-22-15-23-31-44)36-45-49-40(37-57)32-33-46(51(49)56-50(45)48)59-61(53(4,5)6,41-24-16-12-17-25-41)42-26-18-13-19-27-42/h12-33,36,38,52,56-57H,11,34-35,37H2,1-10H3/t38-,52?,55?/m0/s1. The fourth-order valence-electron chi connectivity index (χ4n) is 10.1. The van der Waals surface area contributed by atoms with Gasteiger partial charge in [-0.3, -0.25) is 0 Å². The molecule has 1 aliphatic rings. The molecular formula is C55H65NO4Si2. The molecule has 1 aromatic heterocycles. The lowest BCUT2D eigenvalue weighted by Gasteiger charge is -2.43. The molecule has 1 saturated heterocycles. The highest BCUT2D eigenvalue weighted by molar-refractivity contribution is 7.00. The molecule has 0 radical (unpaired) electrons. The highest BCUT2D eigenvalue weighted by Gasteiger charge is 2.56. The topological polar surface area (TPSA) is 67.0 Å². The number of benzene rings is 6. The van der Waals surface area contributed by atoms with E-state index in [1.165, 1.54) is 20.7 Å². The fraction of sp³-hybridized carbons (Fsp3) is 0.345. The molecule has 5 nitrogen and oxygen atoms in total. The van der Waals surface area contributed by atoms with Gasteiger partial charge in [-0.05, 0) is 86.7 Å². The molecule has 0 amide bonds. The van der Waals surface area contributed by atoms with E-state index in [2.05, 4.69) is 214 Å². The van der Waals surface area contributed by atoms with Crippen LogP contribution in [0.5, 0.6) is 11.5 Å². The zero-order valence-electron chi connectivity index (χ0n) is 38.4. The maximum atomic E-state index is 11.2. The van der Waals surface area contributed by atoms with Crippen molar-refractivity contribution < 1.29 is 18.7 Å². The van der Waals surface area contributed by atoms with E-state index in [9.17, 15) is 5.11 Å². The van der Waals surface area contributed by atoms with E-state index in [-0.39, 0.29) is 28.4 Å². The van der Waals surface area contributed by atoms with Crippen LogP contribution in [0.25, 0.3) is 21.8 Å². The molecule has 2 unspecified atom stereocenters. The maximum absolute atomic E-state index is 11.2. The van der Waals surface area contributed by atoms with E-state index in [4.69, 9.17) is 13.6 Å². The number of aromatic amines is 1. The number of hydrogen-bond donors (Lipinski definition) is 2. The Morgan fingerprint density at radius 1 is 0.677 bits per heavy atom. The van der Waals surface area contributed by atoms with Crippen LogP contribution < -0.4 is 29.6 Å². The third-order valence-electron chi connectivity index (χ3n) is 13.9. The van der Waals surface area contributed by atoms with Crippen LogP contribution in [-0.2, 0) is 11.3 Å². The number of aliphatic hydroxyl groups is 1. The van der Waals surface area contributed by atoms with Crippen LogP contribution in [0.15, 0.2) is 140 Å². The Bertz CT molecular complexity index is 2570. The summed E-state index contributed by atoms with van der Waals surface area (Å²) in [7, 11) is -6.08. The minimum absolute atomic E-state index is 0.121. The van der Waals surface area contributed by atoms with Crippen LogP contribution in [0.3, 0.4) is 0 Å². The summed E-state index contributed by atoms with van der Waals surface area (Å²) in [5.41, 5.74) is 4.61. The van der Waals surface area contributed by atoms with Gasteiger partial charge in [0.15, 0.2) is 0 Å². The van der Waals surface area contributed by atoms with E-state index < -0.39 is 16.6 Å². The van der Waals surface area contributed by atoms with Crippen LogP contribution in [-0.4, -0.2) is 32.3 Å². The molecule has 1 fully saturated rings. The zero-order valence-corrected chi connectivity index (χ0v) is 40.4. The second kappa shape index (κ2) is 16.6. The van der Waals surface area contributed by atoms with Crippen molar-refractivity contribution in [2.45, 2.75) is 117 Å². The van der Waals surface area contributed by atoms with Crippen molar-refractivity contribution in [3.05, 3.63) is 156 Å². The Kier molecular flexibility index (Phi) is 11.7. The zero-order chi connectivity index (χ0) is 44.1. The lowest BCUT2D eigenvalue weighted by atomic mass is 9.89. The molecule has 7 aromatic rings. The lowest BCUT2D eigenvalue weighted by molar-refractivity contribution is 0.281. The first-order valence-corrected chi connectivity index (χ1v) is 26.4. The molecule has 62 heavy (non-hydrogen) atoms. The summed E-state index contributed by atoms with van der Waals surface area (Å²) in [5.74, 6) is 2.24. The van der Waals surface area contributed by atoms with E-state index >= 15 is 0 Å². The quantitative estimate of drug-likeness (QED) is 0.0844. The van der Waals surface area contributed by atoms with Crippen molar-refractivity contribution in [3.8, 4) is 11.5 Å². The molecule has 0 saturated carbocycles. The van der Waals surface area contributed by atoms with E-state index in [1.807, 2.05) is 0 Å². The first-order chi connectivity index (χ1) is 29.6. The van der Waals surface area contributed by atoms with Crippen molar-refractivity contribution in [2.75, 3.05) is 0 Å². The van der Waals surface area contributed by atoms with Gasteiger partial charge < -0.3 is 23.7 Å². The number of aromatic nitrogens is 1. The normalized spacial score (nSPS) is 17.6. The number of hydrogen-bond acceptors (Lipinski definition) is 4. The van der Waals surface area contributed by atoms with Gasteiger partial charge in [-0.2, -0.15) is 0 Å². The van der Waals surface area contributed by atoms with E-state index in [0.717, 1.165) is 69.3 Å². The fourth-order valence-corrected chi connectivity index (χ4v) is 19.0. The number of ether oxygens (including phenoxy) is 1. The summed E-state index contributed by atoms with van der Waals surface area (Å²) < 4.78 is 22.6. The predicted molar refractivity (Wildman–Crippen MR) is 264 cm³/mol. The molecule has 0 aliphatic carbocycles. The van der Waals surface area contributed by atoms with Crippen LogP contribution >= 0.6 is 0 Å². The summed E-state index contributed by atoms with van der Waals surface area (Å²) in [5, 5.41) is 17.5. The molecule has 8 rings (SSSR count). The van der Waals surface area contributed by atoms with Gasteiger partial charge in [0.2, 0.25) is 0 Å². The largest absolute Gasteiger partial charge is 0.534 e. The summed E-state index contributed by atoms with van der Waals surface area (Å²) in [6.07, 6.45) is 3.08. The predicted octanol–water partition coefficient (Wildman–Crippen LogP) is 11.7. The van der Waals surface area contributed by atoms with Gasteiger partial charge >= 0.3 is 16.6 Å². The Morgan fingerprint density at radius 2 is 1.13 bits per heavy atom. The maximum Gasteiger partial charge on any atom is 0.320 e. The Labute approximate surface area is 371 Å². The average molecular weight is 860 g/mol. The third kappa shape index (κ3) is 7.44. The number of aliphatic hydroxyl groups excluding tert-OH is 1. The highest BCUT2D eigenvalue weighted by atomic mass is 28.4. The smallest absolute Gasteiger partial charge is 0.320 e. The number of H-pyrrole nitrogens is 1. The minimum atomic E-state index is -3.04. The Morgan fingerprint density at radius 3 is 1.55 bits per heavy atom. The third-order valence-corrected chi connectivity index (χ3v) is 23.7. The lowest BCUT2D eigenvalue weighted by Crippen LogP contribution is -2.68. The number of epoxide rings is 1. The molecule has 3 atom stereocenters. The van der Waals surface area contributed by atoms with Crippen molar-refractivity contribution >= 4 is 59.2 Å². The molecule has 322 valence electrons. The Hall–Kier alpha value is -4.93. The molecule has 2 heterocycles. The van der Waals surface area contributed by atoms with Gasteiger partial charge in [0, 0.05) is 16.3 Å². The van der Waals surface area contributed by atoms with Crippen molar-refractivity contribution in [1.82, 2.24) is 4.98 Å². The van der Waals surface area contributed by atoms with Gasteiger partial charge in [0.05, 0.1) is 23.2 Å². The summed E-state index contributed by atoms with van der Waals surface area (Å²) in [6.45, 7) is 22.9. The van der Waals surface area contributed by atoms with Crippen LogP contribution in [0.1, 0.15) is 104 Å². The average Bonchev–Trinajstić information content (AvgIpc) is 3.79. The van der Waals surface area contributed by atoms with Gasteiger partial charge in [-0.1, -0.05) is 189 Å². The first kappa shape index (κ1) is 43.7. The van der Waals surface area contributed by atoms with Crippen molar-refractivity contribution in [3.63, 3.8) is 0 Å². The van der Waals surface area contributed by atoms with Crippen LogP contribution in [0.4, 0.5) is 0 Å². The molecule has 7 heteroatoms. The van der Waals surface area contributed by atoms with Crippen LogP contribution in [0, 0.1) is 12.8 Å². The second-order valence-corrected chi connectivity index (χ2v) is 28.4. The number of rotatable bonds is 14. The van der Waals surface area contributed by atoms with Crippen molar-refractivity contribution in [1.29, 1.82) is 0 Å². The van der Waals surface area contributed by atoms with Gasteiger partial charge in [-0.25, -0.2) is 0 Å². The molecule has 1 aliphatic heterocycles. The van der Waals surface area contributed by atoms with E-state index in [1.54, 1.807) is 0 Å². The first-order valence-electron chi connectivity index (χ1n) is 22.6. The summed E-state index contributed by atoms with van der Waals surface area (Å²) >= 11 is 0. The summed E-state index contributed by atoms with van der Waals surface area (Å²) in [4.78, 5) is 3.99. The molecular weight excluding hydrogens is 795 g/mol. The SMILES string of the molecule is CC[C@H](C)CCC1(C)OC1c1c(C)c(O[Si](c2ccccc2)(c2ccccc2)C(C)(C)C)cc2c1[nH]c1c(O[Si](c3ccccc3)(c3ccccc3)C(C)(C)C)ccc(CO)c12. The van der Waals surface area contributed by atoms with E-state index in [0.29, 0.717) is 5.92 Å². The monoisotopic (exact) mass is 859 g/mol. The number of fused-ring (bicyclic) bond motifs is 3.